The van der Waals surface area contributed by atoms with Crippen molar-refractivity contribution in [2.75, 3.05) is 6.61 Å². The maximum Gasteiger partial charge on any atom is 0.333 e. The van der Waals surface area contributed by atoms with Gasteiger partial charge >= 0.3 is 5.97 Å². The van der Waals surface area contributed by atoms with Crippen LogP contribution in [0.1, 0.15) is 6.92 Å². The van der Waals surface area contributed by atoms with E-state index in [1.54, 1.807) is 6.92 Å². The molecular weight excluding hydrogens is 342 g/mol. The van der Waals surface area contributed by atoms with Crippen LogP contribution < -0.4 is 0 Å². The summed E-state index contributed by atoms with van der Waals surface area (Å²) in [5, 5.41) is 2.39. The second-order valence-electron chi connectivity index (χ2n) is 5.25. The molecule has 112 valence electrons. The smallest absolute Gasteiger partial charge is 0.333 e. The molecule has 1 aromatic heterocycles. The molecule has 0 spiro atoms. The van der Waals surface area contributed by atoms with Crippen molar-refractivity contribution in [2.45, 2.75) is 13.5 Å². The van der Waals surface area contributed by atoms with Gasteiger partial charge in [-0.15, -0.1) is 0 Å². The van der Waals surface area contributed by atoms with E-state index in [1.807, 2.05) is 18.2 Å². The van der Waals surface area contributed by atoms with Crippen LogP contribution >= 0.6 is 15.9 Å². The first-order valence-corrected chi connectivity index (χ1v) is 7.86. The number of nitrogens with zero attached hydrogens (tertiary/aromatic N) is 1. The molecular formula is C18H16BrNO2. The predicted octanol–water partition coefficient (Wildman–Crippen LogP) is 4.68. The van der Waals surface area contributed by atoms with Crippen molar-refractivity contribution in [3.05, 3.63) is 59.1 Å². The van der Waals surface area contributed by atoms with E-state index in [1.165, 1.54) is 10.8 Å². The molecule has 0 saturated heterocycles. The third kappa shape index (κ3) is 2.66. The molecule has 1 heterocycles. The third-order valence-corrected chi connectivity index (χ3v) is 4.12. The molecule has 0 bridgehead atoms. The number of carbonyl (C=O) groups excluding carboxylic acids is 1. The number of benzene rings is 2. The normalized spacial score (nSPS) is 11.0. The topological polar surface area (TPSA) is 31.2 Å². The highest BCUT2D eigenvalue weighted by Crippen LogP contribution is 2.30. The molecule has 2 aromatic carbocycles. The summed E-state index contributed by atoms with van der Waals surface area (Å²) in [6, 6.07) is 14.5. The first kappa shape index (κ1) is 14.9. The lowest BCUT2D eigenvalue weighted by molar-refractivity contribution is -0.139. The zero-order valence-electron chi connectivity index (χ0n) is 12.3. The van der Waals surface area contributed by atoms with E-state index in [0.717, 1.165) is 15.5 Å². The Hall–Kier alpha value is -2.07. The predicted molar refractivity (Wildman–Crippen MR) is 92.9 cm³/mol. The van der Waals surface area contributed by atoms with Gasteiger partial charge in [0.15, 0.2) is 0 Å². The molecule has 3 rings (SSSR count). The van der Waals surface area contributed by atoms with E-state index in [4.69, 9.17) is 4.74 Å². The van der Waals surface area contributed by atoms with Gasteiger partial charge in [0, 0.05) is 31.9 Å². The standard InChI is InChI=1S/C18H16BrNO2/c1-12(2)18(21)22-10-9-20-16-6-4-3-5-14(16)15-11-13(19)7-8-17(15)20/h3-8,11H,1,9-10H2,2H3. The van der Waals surface area contributed by atoms with Crippen molar-refractivity contribution in [3.8, 4) is 0 Å². The van der Waals surface area contributed by atoms with Gasteiger partial charge in [0.05, 0.1) is 6.54 Å². The minimum absolute atomic E-state index is 0.329. The van der Waals surface area contributed by atoms with Gasteiger partial charge in [0.25, 0.3) is 0 Å². The fraction of sp³-hybridized carbons (Fsp3) is 0.167. The fourth-order valence-electron chi connectivity index (χ4n) is 2.62. The lowest BCUT2D eigenvalue weighted by Crippen LogP contribution is -2.11. The first-order valence-electron chi connectivity index (χ1n) is 7.07. The number of hydrogen-bond donors (Lipinski definition) is 0. The monoisotopic (exact) mass is 357 g/mol. The van der Waals surface area contributed by atoms with E-state index in [2.05, 4.69) is 51.3 Å². The molecule has 0 aliphatic rings. The van der Waals surface area contributed by atoms with E-state index in [0.29, 0.717) is 18.7 Å². The highest BCUT2D eigenvalue weighted by atomic mass is 79.9. The van der Waals surface area contributed by atoms with Gasteiger partial charge < -0.3 is 9.30 Å². The molecule has 0 aliphatic heterocycles. The van der Waals surface area contributed by atoms with Gasteiger partial charge in [-0.25, -0.2) is 4.79 Å². The average molecular weight is 358 g/mol. The van der Waals surface area contributed by atoms with Gasteiger partial charge in [0.1, 0.15) is 6.61 Å². The largest absolute Gasteiger partial charge is 0.460 e. The van der Waals surface area contributed by atoms with Crippen molar-refractivity contribution in [2.24, 2.45) is 0 Å². The summed E-state index contributed by atoms with van der Waals surface area (Å²) in [5.41, 5.74) is 2.70. The van der Waals surface area contributed by atoms with Crippen LogP contribution in [0.25, 0.3) is 21.8 Å². The Morgan fingerprint density at radius 3 is 2.68 bits per heavy atom. The van der Waals surface area contributed by atoms with E-state index in [-0.39, 0.29) is 5.97 Å². The summed E-state index contributed by atoms with van der Waals surface area (Å²) >= 11 is 3.53. The highest BCUT2D eigenvalue weighted by Gasteiger charge is 2.11. The number of para-hydroxylation sites is 1. The molecule has 0 unspecified atom stereocenters. The molecule has 0 fully saturated rings. The molecule has 3 aromatic rings. The zero-order chi connectivity index (χ0) is 15.7. The molecule has 3 nitrogen and oxygen atoms in total. The Bertz CT molecular complexity index is 879. The summed E-state index contributed by atoms with van der Waals surface area (Å²) in [6.45, 7) is 6.19. The van der Waals surface area contributed by atoms with Crippen molar-refractivity contribution in [1.82, 2.24) is 4.57 Å². The Morgan fingerprint density at radius 2 is 1.91 bits per heavy atom. The molecule has 0 N–H and O–H groups in total. The van der Waals surface area contributed by atoms with E-state index in [9.17, 15) is 4.79 Å². The van der Waals surface area contributed by atoms with Crippen LogP contribution in [0.15, 0.2) is 59.1 Å². The van der Waals surface area contributed by atoms with Crippen LogP contribution in [-0.2, 0) is 16.1 Å². The zero-order valence-corrected chi connectivity index (χ0v) is 13.9. The van der Waals surface area contributed by atoms with Crippen molar-refractivity contribution >= 4 is 43.7 Å². The number of rotatable bonds is 4. The minimum atomic E-state index is -0.344. The summed E-state index contributed by atoms with van der Waals surface area (Å²) < 4.78 is 8.47. The summed E-state index contributed by atoms with van der Waals surface area (Å²) in [7, 11) is 0. The molecule has 4 heteroatoms. The third-order valence-electron chi connectivity index (χ3n) is 3.63. The lowest BCUT2D eigenvalue weighted by Gasteiger charge is -2.08. The number of halogens is 1. The van der Waals surface area contributed by atoms with E-state index < -0.39 is 0 Å². The van der Waals surface area contributed by atoms with Gasteiger partial charge in [-0.2, -0.15) is 0 Å². The molecule has 0 saturated carbocycles. The number of carbonyl (C=O) groups is 1. The van der Waals surface area contributed by atoms with Crippen LogP contribution in [-0.4, -0.2) is 17.1 Å². The molecule has 0 aliphatic carbocycles. The van der Waals surface area contributed by atoms with Gasteiger partial charge in [-0.1, -0.05) is 40.7 Å². The number of ether oxygens (including phenoxy) is 1. The Labute approximate surface area is 137 Å². The van der Waals surface area contributed by atoms with Crippen LogP contribution in [0.3, 0.4) is 0 Å². The minimum Gasteiger partial charge on any atom is -0.460 e. The highest BCUT2D eigenvalue weighted by molar-refractivity contribution is 9.10. The molecule has 0 amide bonds. The second kappa shape index (κ2) is 5.97. The van der Waals surface area contributed by atoms with Gasteiger partial charge in [-0.3, -0.25) is 0 Å². The molecule has 0 atom stereocenters. The summed E-state index contributed by atoms with van der Waals surface area (Å²) in [6.07, 6.45) is 0. The number of hydrogen-bond acceptors (Lipinski definition) is 2. The molecule has 22 heavy (non-hydrogen) atoms. The number of fused-ring (bicyclic) bond motifs is 3. The summed E-state index contributed by atoms with van der Waals surface area (Å²) in [5.74, 6) is -0.344. The number of esters is 1. The first-order chi connectivity index (χ1) is 10.6. The Morgan fingerprint density at radius 1 is 1.18 bits per heavy atom. The molecule has 0 radical (unpaired) electrons. The van der Waals surface area contributed by atoms with Crippen molar-refractivity contribution in [1.29, 1.82) is 0 Å². The van der Waals surface area contributed by atoms with Crippen LogP contribution in [0, 0.1) is 0 Å². The van der Waals surface area contributed by atoms with Crippen molar-refractivity contribution < 1.29 is 9.53 Å². The fourth-order valence-corrected chi connectivity index (χ4v) is 2.98. The maximum absolute atomic E-state index is 11.5. The summed E-state index contributed by atoms with van der Waals surface area (Å²) in [4.78, 5) is 11.5. The van der Waals surface area contributed by atoms with E-state index >= 15 is 0 Å². The van der Waals surface area contributed by atoms with Gasteiger partial charge in [-0.05, 0) is 31.2 Å². The Kier molecular flexibility index (Phi) is 4.03. The maximum atomic E-state index is 11.5. The quantitative estimate of drug-likeness (QED) is 0.501. The van der Waals surface area contributed by atoms with Crippen LogP contribution in [0.5, 0.6) is 0 Å². The van der Waals surface area contributed by atoms with Crippen LogP contribution in [0.2, 0.25) is 0 Å². The lowest BCUT2D eigenvalue weighted by atomic mass is 10.2. The second-order valence-corrected chi connectivity index (χ2v) is 6.16. The van der Waals surface area contributed by atoms with Gasteiger partial charge in [0.2, 0.25) is 0 Å². The van der Waals surface area contributed by atoms with Crippen LogP contribution in [0.4, 0.5) is 0 Å². The van der Waals surface area contributed by atoms with Crippen molar-refractivity contribution in [3.63, 3.8) is 0 Å². The number of aromatic nitrogens is 1. The average Bonchev–Trinajstić information content (AvgIpc) is 2.81. The Balaban J connectivity index is 2.00. The SMILES string of the molecule is C=C(C)C(=O)OCCn1c2ccccc2c2cc(Br)ccc21.